The van der Waals surface area contributed by atoms with Crippen molar-refractivity contribution in [3.05, 3.63) is 48.0 Å². The Morgan fingerprint density at radius 3 is 2.61 bits per heavy atom. The number of rotatable bonds is 4. The molecule has 1 aliphatic rings. The van der Waals surface area contributed by atoms with Crippen LogP contribution in [0, 0.1) is 6.92 Å². The van der Waals surface area contributed by atoms with E-state index in [1.807, 2.05) is 24.3 Å². The number of nitrogens with zero attached hydrogens (tertiary/aromatic N) is 3. The van der Waals surface area contributed by atoms with Crippen molar-refractivity contribution in [1.82, 2.24) is 14.8 Å². The molecule has 4 rings (SSSR count). The number of carbonyl (C=O) groups is 3. The van der Waals surface area contributed by atoms with E-state index in [0.717, 1.165) is 25.7 Å². The highest BCUT2D eigenvalue weighted by Crippen LogP contribution is 2.31. The predicted octanol–water partition coefficient (Wildman–Crippen LogP) is 3.10. The minimum absolute atomic E-state index is 0.00248. The fraction of sp³-hybridized carbons (Fsp3) is 0.200. The van der Waals surface area contributed by atoms with Crippen molar-refractivity contribution in [3.63, 3.8) is 0 Å². The summed E-state index contributed by atoms with van der Waals surface area (Å²) in [6, 6.07) is 13.1. The van der Waals surface area contributed by atoms with E-state index < -0.39 is 11.9 Å². The van der Waals surface area contributed by atoms with Gasteiger partial charge in [0.05, 0.1) is 10.2 Å². The number of hydrogen-bond acceptors (Lipinski definition) is 5. The second-order valence-electron chi connectivity index (χ2n) is 6.73. The average Bonchev–Trinajstić information content (AvgIpc) is 3.18. The Hall–Kier alpha value is -3.26. The van der Waals surface area contributed by atoms with E-state index in [9.17, 15) is 14.4 Å². The smallest absolute Gasteiger partial charge is 0.325 e. The molecule has 1 aliphatic heterocycles. The first kappa shape index (κ1) is 18.1. The van der Waals surface area contributed by atoms with Gasteiger partial charge < -0.3 is 10.2 Å². The minimum atomic E-state index is -0.457. The second-order valence-corrected chi connectivity index (χ2v) is 7.76. The molecular weight excluding hydrogens is 376 g/mol. The highest BCUT2D eigenvalue weighted by Gasteiger charge is 2.34. The molecule has 0 spiro atoms. The lowest BCUT2D eigenvalue weighted by Crippen LogP contribution is -2.38. The van der Waals surface area contributed by atoms with Crippen LogP contribution in [0.15, 0.2) is 42.5 Å². The van der Waals surface area contributed by atoms with E-state index >= 15 is 0 Å². The largest absolute Gasteiger partial charge is 0.327 e. The van der Waals surface area contributed by atoms with Crippen molar-refractivity contribution >= 4 is 45.1 Å². The van der Waals surface area contributed by atoms with Crippen molar-refractivity contribution in [1.29, 1.82) is 0 Å². The molecule has 0 aliphatic carbocycles. The fourth-order valence-electron chi connectivity index (χ4n) is 3.02. The van der Waals surface area contributed by atoms with Crippen LogP contribution < -0.4 is 5.32 Å². The van der Waals surface area contributed by atoms with Gasteiger partial charge in [-0.3, -0.25) is 14.5 Å². The standard InChI is InChI=1S/C20H18N4O3S/c1-12-3-8-15-16(9-12)28-19(22-15)13-4-6-14(7-5-13)21-17(25)10-24-18(26)11-23(2)20(24)27/h3-9H,10-11H2,1-2H3,(H,21,25). The summed E-state index contributed by atoms with van der Waals surface area (Å²) in [4.78, 5) is 42.7. The molecule has 1 fully saturated rings. The molecule has 7 nitrogen and oxygen atoms in total. The van der Waals surface area contributed by atoms with Crippen molar-refractivity contribution in [2.45, 2.75) is 6.92 Å². The average molecular weight is 394 g/mol. The number of imide groups is 1. The van der Waals surface area contributed by atoms with Crippen LogP contribution in [0.2, 0.25) is 0 Å². The maximum Gasteiger partial charge on any atom is 0.327 e. The van der Waals surface area contributed by atoms with Gasteiger partial charge in [-0.05, 0) is 48.9 Å². The summed E-state index contributed by atoms with van der Waals surface area (Å²) in [7, 11) is 1.53. The SMILES string of the molecule is Cc1ccc2nc(-c3ccc(NC(=O)CN4C(=O)CN(C)C4=O)cc3)sc2c1. The number of aryl methyl sites for hydroxylation is 1. The molecule has 2 aromatic carbocycles. The number of hydrogen-bond donors (Lipinski definition) is 1. The lowest BCUT2D eigenvalue weighted by Gasteiger charge is -2.14. The Balaban J connectivity index is 1.45. The van der Waals surface area contributed by atoms with E-state index in [1.165, 1.54) is 17.5 Å². The third-order valence-corrected chi connectivity index (χ3v) is 5.56. The minimum Gasteiger partial charge on any atom is -0.325 e. The van der Waals surface area contributed by atoms with Crippen LogP contribution in [0.4, 0.5) is 10.5 Å². The third kappa shape index (κ3) is 3.46. The van der Waals surface area contributed by atoms with E-state index in [4.69, 9.17) is 0 Å². The Kier molecular flexibility index (Phi) is 4.56. The quantitative estimate of drug-likeness (QED) is 0.690. The maximum atomic E-state index is 12.2. The summed E-state index contributed by atoms with van der Waals surface area (Å²) in [5.41, 5.74) is 3.72. The number of amides is 4. The van der Waals surface area contributed by atoms with Gasteiger partial charge in [-0.1, -0.05) is 6.07 Å². The predicted molar refractivity (Wildman–Crippen MR) is 108 cm³/mol. The van der Waals surface area contributed by atoms with Gasteiger partial charge in [0, 0.05) is 18.3 Å². The van der Waals surface area contributed by atoms with Crippen LogP contribution in [-0.4, -0.2) is 52.8 Å². The number of thiazole rings is 1. The lowest BCUT2D eigenvalue weighted by molar-refractivity contribution is -0.129. The zero-order valence-corrected chi connectivity index (χ0v) is 16.2. The van der Waals surface area contributed by atoms with Gasteiger partial charge >= 0.3 is 6.03 Å². The van der Waals surface area contributed by atoms with Gasteiger partial charge in [-0.15, -0.1) is 11.3 Å². The van der Waals surface area contributed by atoms with Gasteiger partial charge in [0.15, 0.2) is 0 Å². The highest BCUT2D eigenvalue weighted by molar-refractivity contribution is 7.21. The number of anilines is 1. The first-order valence-electron chi connectivity index (χ1n) is 8.73. The summed E-state index contributed by atoms with van der Waals surface area (Å²) in [5.74, 6) is -0.788. The van der Waals surface area contributed by atoms with Gasteiger partial charge in [0.2, 0.25) is 5.91 Å². The molecule has 0 atom stereocenters. The molecule has 0 saturated carbocycles. The Morgan fingerprint density at radius 1 is 1.18 bits per heavy atom. The fourth-order valence-corrected chi connectivity index (χ4v) is 4.09. The molecule has 1 saturated heterocycles. The molecule has 0 radical (unpaired) electrons. The molecule has 2 heterocycles. The van der Waals surface area contributed by atoms with Crippen molar-refractivity contribution in [3.8, 4) is 10.6 Å². The number of aromatic nitrogens is 1. The molecule has 1 N–H and O–H groups in total. The molecule has 0 bridgehead atoms. The summed E-state index contributed by atoms with van der Waals surface area (Å²) in [5, 5.41) is 3.63. The van der Waals surface area contributed by atoms with Crippen LogP contribution in [0.3, 0.4) is 0 Å². The van der Waals surface area contributed by atoms with Crippen molar-refractivity contribution in [2.75, 3.05) is 25.5 Å². The summed E-state index contributed by atoms with van der Waals surface area (Å²) in [6.07, 6.45) is 0. The van der Waals surface area contributed by atoms with E-state index in [-0.39, 0.29) is 19.0 Å². The number of benzene rings is 2. The van der Waals surface area contributed by atoms with Gasteiger partial charge in [-0.25, -0.2) is 9.78 Å². The topological polar surface area (TPSA) is 82.6 Å². The van der Waals surface area contributed by atoms with E-state index in [0.29, 0.717) is 5.69 Å². The highest BCUT2D eigenvalue weighted by atomic mass is 32.1. The molecule has 4 amide bonds. The van der Waals surface area contributed by atoms with E-state index in [1.54, 1.807) is 23.5 Å². The zero-order valence-electron chi connectivity index (χ0n) is 15.4. The van der Waals surface area contributed by atoms with Crippen LogP contribution in [-0.2, 0) is 9.59 Å². The van der Waals surface area contributed by atoms with Gasteiger partial charge in [0.1, 0.15) is 18.1 Å². The Bertz CT molecular complexity index is 1090. The van der Waals surface area contributed by atoms with Crippen molar-refractivity contribution in [2.24, 2.45) is 0 Å². The first-order chi connectivity index (χ1) is 13.4. The Morgan fingerprint density at radius 2 is 1.93 bits per heavy atom. The van der Waals surface area contributed by atoms with Crippen LogP contribution in [0.1, 0.15) is 5.56 Å². The number of urea groups is 1. The molecular formula is C20H18N4O3S. The monoisotopic (exact) mass is 394 g/mol. The number of fused-ring (bicyclic) bond motifs is 1. The Labute approximate surface area is 165 Å². The zero-order chi connectivity index (χ0) is 19.8. The van der Waals surface area contributed by atoms with Crippen molar-refractivity contribution < 1.29 is 14.4 Å². The molecule has 3 aromatic rings. The van der Waals surface area contributed by atoms with Gasteiger partial charge in [-0.2, -0.15) is 0 Å². The summed E-state index contributed by atoms with van der Waals surface area (Å²) >= 11 is 1.62. The molecule has 142 valence electrons. The molecule has 28 heavy (non-hydrogen) atoms. The second kappa shape index (κ2) is 7.05. The molecule has 0 unspecified atom stereocenters. The first-order valence-corrected chi connectivity index (χ1v) is 9.55. The third-order valence-electron chi connectivity index (χ3n) is 4.49. The van der Waals surface area contributed by atoms with Crippen LogP contribution in [0.5, 0.6) is 0 Å². The number of nitrogens with one attached hydrogen (secondary N) is 1. The van der Waals surface area contributed by atoms with E-state index in [2.05, 4.69) is 23.3 Å². The maximum absolute atomic E-state index is 12.2. The summed E-state index contributed by atoms with van der Waals surface area (Å²) in [6.45, 7) is 1.76. The number of likely N-dealkylation sites (N-methyl/N-ethyl adjacent to an activating group) is 1. The lowest BCUT2D eigenvalue weighted by atomic mass is 10.2. The van der Waals surface area contributed by atoms with Crippen LogP contribution >= 0.6 is 11.3 Å². The normalized spacial score (nSPS) is 14.2. The molecule has 8 heteroatoms. The molecule has 1 aromatic heterocycles. The van der Waals surface area contributed by atoms with Gasteiger partial charge in [0.25, 0.3) is 5.91 Å². The van der Waals surface area contributed by atoms with Crippen LogP contribution in [0.25, 0.3) is 20.8 Å². The summed E-state index contributed by atoms with van der Waals surface area (Å²) < 4.78 is 1.14. The number of carbonyl (C=O) groups excluding carboxylic acids is 3.